The minimum Gasteiger partial charge on any atom is -0.294 e. The largest absolute Gasteiger partial charge is 0.294 e. The fourth-order valence-corrected chi connectivity index (χ4v) is 4.55. The third-order valence-corrected chi connectivity index (χ3v) is 6.21. The van der Waals surface area contributed by atoms with E-state index >= 15 is 0 Å². The molecule has 3 rings (SSSR count). The lowest BCUT2D eigenvalue weighted by molar-refractivity contribution is 0.0746. The first-order valence-electron chi connectivity index (χ1n) is 10.2. The van der Waals surface area contributed by atoms with E-state index in [1.807, 2.05) is 13.8 Å². The van der Waals surface area contributed by atoms with Gasteiger partial charge in [0.25, 0.3) is 0 Å². The highest BCUT2D eigenvalue weighted by molar-refractivity contribution is 6.00. The van der Waals surface area contributed by atoms with Crippen LogP contribution in [-0.4, -0.2) is 5.78 Å². The van der Waals surface area contributed by atoms with Crippen LogP contribution >= 0.6 is 0 Å². The molecule has 1 aromatic carbocycles. The molecule has 0 atom stereocenters. The minimum atomic E-state index is -0.206. The van der Waals surface area contributed by atoms with Crippen molar-refractivity contribution >= 4 is 5.78 Å². The first kappa shape index (κ1) is 19.2. The monoisotopic (exact) mass is 328 g/mol. The smallest absolute Gasteiger partial charge is 0.168 e. The maximum atomic E-state index is 12.9. The zero-order chi connectivity index (χ0) is 17.6. The average molecular weight is 329 g/mol. The molecule has 2 aliphatic carbocycles. The molecule has 0 spiro atoms. The highest BCUT2D eigenvalue weighted by atomic mass is 16.1. The molecule has 1 heteroatoms. The molecule has 0 N–H and O–H groups in total. The topological polar surface area (TPSA) is 17.1 Å². The van der Waals surface area contributed by atoms with Gasteiger partial charge < -0.3 is 0 Å². The van der Waals surface area contributed by atoms with Gasteiger partial charge in [-0.15, -0.1) is 0 Å². The molecule has 0 radical (unpaired) electrons. The normalized spacial score (nSPS) is 19.7. The van der Waals surface area contributed by atoms with Crippen molar-refractivity contribution in [3.63, 3.8) is 0 Å². The van der Waals surface area contributed by atoms with Crippen molar-refractivity contribution in [2.24, 2.45) is 11.3 Å². The molecule has 1 aromatic rings. The third kappa shape index (κ3) is 4.29. The Morgan fingerprint density at radius 2 is 1.33 bits per heavy atom. The van der Waals surface area contributed by atoms with Crippen LogP contribution in [-0.2, 0) is 0 Å². The predicted octanol–water partition coefficient (Wildman–Crippen LogP) is 7.16. The highest BCUT2D eigenvalue weighted by Gasteiger charge is 2.38. The standard InChI is InChI=1S/C21H30O.C2H6/c1-21(2,19-10-6-7-11-19)20(22)18-14-12-17(13-15-18)16-8-4-3-5-9-16;1-2/h12-16,19H,3-11H2,1-2H3;1-2H3. The first-order chi connectivity index (χ1) is 11.6. The summed E-state index contributed by atoms with van der Waals surface area (Å²) in [5.41, 5.74) is 2.15. The summed E-state index contributed by atoms with van der Waals surface area (Å²) in [7, 11) is 0. The molecule has 2 aliphatic rings. The number of rotatable bonds is 4. The summed E-state index contributed by atoms with van der Waals surface area (Å²) in [6.07, 6.45) is 11.8. The van der Waals surface area contributed by atoms with Gasteiger partial charge in [-0.3, -0.25) is 4.79 Å². The molecule has 0 bridgehead atoms. The molecule has 0 amide bonds. The lowest BCUT2D eigenvalue weighted by Gasteiger charge is -2.30. The van der Waals surface area contributed by atoms with Gasteiger partial charge in [-0.1, -0.05) is 84.1 Å². The molecular weight excluding hydrogens is 292 g/mol. The van der Waals surface area contributed by atoms with Crippen molar-refractivity contribution in [3.8, 4) is 0 Å². The molecule has 0 saturated heterocycles. The molecule has 1 nitrogen and oxygen atoms in total. The van der Waals surface area contributed by atoms with Crippen LogP contribution in [0.25, 0.3) is 0 Å². The molecule has 2 saturated carbocycles. The molecule has 0 heterocycles. The van der Waals surface area contributed by atoms with Crippen LogP contribution in [0.3, 0.4) is 0 Å². The number of carbonyl (C=O) groups is 1. The Hall–Kier alpha value is -1.11. The van der Waals surface area contributed by atoms with E-state index in [9.17, 15) is 4.79 Å². The predicted molar refractivity (Wildman–Crippen MR) is 104 cm³/mol. The molecule has 0 aromatic heterocycles. The molecule has 0 unspecified atom stereocenters. The fraction of sp³-hybridized carbons (Fsp3) is 0.696. The molecule has 134 valence electrons. The number of benzene rings is 1. The second kappa shape index (κ2) is 8.83. The van der Waals surface area contributed by atoms with E-state index in [2.05, 4.69) is 38.1 Å². The molecule has 0 aliphatic heterocycles. The van der Waals surface area contributed by atoms with E-state index in [0.717, 1.165) is 11.5 Å². The molecule has 24 heavy (non-hydrogen) atoms. The summed E-state index contributed by atoms with van der Waals surface area (Å²) in [5.74, 6) is 1.63. The SMILES string of the molecule is CC.CC(C)(C(=O)c1ccc(C2CCCCC2)cc1)C1CCCC1. The van der Waals surface area contributed by atoms with Crippen molar-refractivity contribution in [2.75, 3.05) is 0 Å². The Bertz CT molecular complexity index is 499. The van der Waals surface area contributed by atoms with E-state index in [4.69, 9.17) is 0 Å². The van der Waals surface area contributed by atoms with Gasteiger partial charge in [-0.25, -0.2) is 0 Å². The molecular formula is C23H36O. The van der Waals surface area contributed by atoms with Crippen molar-refractivity contribution < 1.29 is 4.79 Å². The number of Topliss-reactive ketones (excluding diaryl/α,β-unsaturated/α-hetero) is 1. The Morgan fingerprint density at radius 1 is 0.833 bits per heavy atom. The Morgan fingerprint density at radius 3 is 1.88 bits per heavy atom. The summed E-state index contributed by atoms with van der Waals surface area (Å²) < 4.78 is 0. The number of carbonyl (C=O) groups excluding carboxylic acids is 1. The van der Waals surface area contributed by atoms with Crippen LogP contribution in [0.1, 0.15) is 107 Å². The van der Waals surface area contributed by atoms with Gasteiger partial charge in [0.1, 0.15) is 0 Å². The van der Waals surface area contributed by atoms with E-state index < -0.39 is 0 Å². The summed E-state index contributed by atoms with van der Waals surface area (Å²) in [5, 5.41) is 0. The van der Waals surface area contributed by atoms with Gasteiger partial charge in [-0.05, 0) is 43.1 Å². The van der Waals surface area contributed by atoms with Gasteiger partial charge in [0.2, 0.25) is 0 Å². The number of ketones is 1. The van der Waals surface area contributed by atoms with Crippen molar-refractivity contribution in [1.29, 1.82) is 0 Å². The Labute approximate surface area is 149 Å². The number of hydrogen-bond donors (Lipinski definition) is 0. The van der Waals surface area contributed by atoms with Gasteiger partial charge in [0.15, 0.2) is 5.78 Å². The Kier molecular flexibility index (Phi) is 7.07. The lowest BCUT2D eigenvalue weighted by Crippen LogP contribution is -2.31. The third-order valence-electron chi connectivity index (χ3n) is 6.21. The van der Waals surface area contributed by atoms with Crippen LogP contribution in [0, 0.1) is 11.3 Å². The number of hydrogen-bond acceptors (Lipinski definition) is 1. The van der Waals surface area contributed by atoms with Crippen LogP contribution in [0.5, 0.6) is 0 Å². The summed E-state index contributed by atoms with van der Waals surface area (Å²) in [4.78, 5) is 12.9. The van der Waals surface area contributed by atoms with Gasteiger partial charge in [0.05, 0.1) is 0 Å². The fourth-order valence-electron chi connectivity index (χ4n) is 4.55. The average Bonchev–Trinajstić information content (AvgIpc) is 3.19. The van der Waals surface area contributed by atoms with Crippen LogP contribution < -0.4 is 0 Å². The zero-order valence-corrected chi connectivity index (χ0v) is 16.2. The van der Waals surface area contributed by atoms with E-state index in [0.29, 0.717) is 11.7 Å². The van der Waals surface area contributed by atoms with Gasteiger partial charge >= 0.3 is 0 Å². The summed E-state index contributed by atoms with van der Waals surface area (Å²) in [6, 6.07) is 8.61. The van der Waals surface area contributed by atoms with E-state index in [-0.39, 0.29) is 5.41 Å². The highest BCUT2D eigenvalue weighted by Crippen LogP contribution is 2.42. The van der Waals surface area contributed by atoms with E-state index in [1.165, 1.54) is 63.4 Å². The quantitative estimate of drug-likeness (QED) is 0.536. The van der Waals surface area contributed by atoms with Crippen molar-refractivity contribution in [3.05, 3.63) is 35.4 Å². The van der Waals surface area contributed by atoms with Gasteiger partial charge in [-0.2, -0.15) is 0 Å². The first-order valence-corrected chi connectivity index (χ1v) is 10.2. The maximum absolute atomic E-state index is 12.9. The second-order valence-electron chi connectivity index (χ2n) is 7.99. The maximum Gasteiger partial charge on any atom is 0.168 e. The van der Waals surface area contributed by atoms with Crippen LogP contribution in [0.4, 0.5) is 0 Å². The van der Waals surface area contributed by atoms with Crippen LogP contribution in [0.15, 0.2) is 24.3 Å². The summed E-state index contributed by atoms with van der Waals surface area (Å²) in [6.45, 7) is 8.31. The lowest BCUT2D eigenvalue weighted by atomic mass is 9.72. The zero-order valence-electron chi connectivity index (χ0n) is 16.2. The Balaban J connectivity index is 0.00000100. The van der Waals surface area contributed by atoms with E-state index in [1.54, 1.807) is 0 Å². The van der Waals surface area contributed by atoms with Crippen molar-refractivity contribution in [2.45, 2.75) is 91.4 Å². The van der Waals surface area contributed by atoms with Crippen molar-refractivity contribution in [1.82, 2.24) is 0 Å². The van der Waals surface area contributed by atoms with Crippen LogP contribution in [0.2, 0.25) is 0 Å². The second-order valence-corrected chi connectivity index (χ2v) is 7.99. The summed E-state index contributed by atoms with van der Waals surface area (Å²) >= 11 is 0. The van der Waals surface area contributed by atoms with Gasteiger partial charge in [0, 0.05) is 11.0 Å². The minimum absolute atomic E-state index is 0.206. The molecule has 2 fully saturated rings.